The van der Waals surface area contributed by atoms with E-state index >= 15 is 0 Å². The normalized spacial score (nSPS) is 20.3. The van der Waals surface area contributed by atoms with Crippen LogP contribution in [0.25, 0.3) is 5.76 Å². The van der Waals surface area contributed by atoms with Crippen LogP contribution >= 0.6 is 11.6 Å². The van der Waals surface area contributed by atoms with Crippen molar-refractivity contribution in [3.63, 3.8) is 0 Å². The molecule has 2 N–H and O–H groups in total. The van der Waals surface area contributed by atoms with Crippen molar-refractivity contribution in [1.29, 1.82) is 5.41 Å². The van der Waals surface area contributed by atoms with Gasteiger partial charge in [0, 0.05) is 34.7 Å². The smallest absolute Gasteiger partial charge is 0.231 e. The van der Waals surface area contributed by atoms with E-state index < -0.39 is 5.92 Å². The number of benzene rings is 3. The highest BCUT2D eigenvalue weighted by Crippen LogP contribution is 2.50. The van der Waals surface area contributed by atoms with E-state index in [1.54, 1.807) is 11.0 Å². The second-order valence-corrected chi connectivity index (χ2v) is 9.85. The minimum absolute atomic E-state index is 0.00248. The van der Waals surface area contributed by atoms with Gasteiger partial charge in [-0.2, -0.15) is 0 Å². The Balaban J connectivity index is 1.65. The average molecular weight is 513 g/mol. The van der Waals surface area contributed by atoms with Gasteiger partial charge in [-0.05, 0) is 49.6 Å². The standard InChI is InChI=1S/C30H25ClN2O4/c1-17-9-11-18(12-10-17)29(35)28-26(19-13-14-24-25(15-19)37-16-36-24)27-22(7-4-8-23(27)34)33(30(28)32)21-6-3-2-5-20(21)31/h2-3,5-6,9-15,26,32,35H,4,7-8,16H2,1H3/t26-/m0/s1. The second kappa shape index (κ2) is 9.12. The molecule has 2 aliphatic heterocycles. The summed E-state index contributed by atoms with van der Waals surface area (Å²) in [6.45, 7) is 2.10. The molecule has 3 aliphatic rings. The Bertz CT molecular complexity index is 1510. The molecular weight excluding hydrogens is 488 g/mol. The number of ketones is 1. The molecule has 0 bridgehead atoms. The first-order valence-corrected chi connectivity index (χ1v) is 12.6. The third kappa shape index (κ3) is 3.89. The minimum atomic E-state index is -0.648. The van der Waals surface area contributed by atoms with Crippen molar-refractivity contribution in [2.24, 2.45) is 0 Å². The summed E-state index contributed by atoms with van der Waals surface area (Å²) in [5.41, 5.74) is 4.66. The van der Waals surface area contributed by atoms with E-state index in [-0.39, 0.29) is 24.2 Å². The Labute approximate surface area is 219 Å². The van der Waals surface area contributed by atoms with Gasteiger partial charge in [0.2, 0.25) is 6.79 Å². The Kier molecular flexibility index (Phi) is 5.76. The molecule has 6 nitrogen and oxygen atoms in total. The summed E-state index contributed by atoms with van der Waals surface area (Å²) in [7, 11) is 0. The number of fused-ring (bicyclic) bond motifs is 1. The lowest BCUT2D eigenvalue weighted by Gasteiger charge is -2.42. The molecule has 7 heteroatoms. The summed E-state index contributed by atoms with van der Waals surface area (Å²) in [5, 5.41) is 21.6. The SMILES string of the molecule is Cc1ccc(C(O)=C2C(=N)N(c3ccccc3Cl)C3=C(C(=O)CCC3)[C@@H]2c2ccc3c(c2)OCO3)cc1. The quantitative estimate of drug-likeness (QED) is 0.371. The van der Waals surface area contributed by atoms with Crippen molar-refractivity contribution in [2.45, 2.75) is 32.1 Å². The van der Waals surface area contributed by atoms with E-state index in [2.05, 4.69) is 0 Å². The van der Waals surface area contributed by atoms with Crippen molar-refractivity contribution < 1.29 is 19.4 Å². The largest absolute Gasteiger partial charge is 0.507 e. The van der Waals surface area contributed by atoms with Crippen molar-refractivity contribution in [3.8, 4) is 11.5 Å². The van der Waals surface area contributed by atoms with Gasteiger partial charge >= 0.3 is 0 Å². The zero-order valence-electron chi connectivity index (χ0n) is 20.3. The van der Waals surface area contributed by atoms with E-state index in [4.69, 9.17) is 21.1 Å². The maximum absolute atomic E-state index is 13.6. The van der Waals surface area contributed by atoms with Crippen LogP contribution in [0.5, 0.6) is 11.5 Å². The van der Waals surface area contributed by atoms with Gasteiger partial charge in [-0.3, -0.25) is 15.1 Å². The van der Waals surface area contributed by atoms with Gasteiger partial charge in [0.05, 0.1) is 10.7 Å². The average Bonchev–Trinajstić information content (AvgIpc) is 3.37. The Morgan fingerprint density at radius 3 is 2.57 bits per heavy atom. The molecule has 0 radical (unpaired) electrons. The number of hydrogen-bond acceptors (Lipinski definition) is 5. The van der Waals surface area contributed by atoms with Crippen LogP contribution in [0.4, 0.5) is 5.69 Å². The van der Waals surface area contributed by atoms with E-state index in [9.17, 15) is 15.3 Å². The van der Waals surface area contributed by atoms with Gasteiger partial charge in [-0.1, -0.05) is 59.6 Å². The fraction of sp³-hybridized carbons (Fsp3) is 0.200. The number of halogens is 1. The van der Waals surface area contributed by atoms with Crippen LogP contribution in [0, 0.1) is 12.3 Å². The van der Waals surface area contributed by atoms with Crippen LogP contribution in [0.3, 0.4) is 0 Å². The molecule has 0 aromatic heterocycles. The second-order valence-electron chi connectivity index (χ2n) is 9.45. The number of aliphatic hydroxyl groups excluding tert-OH is 1. The summed E-state index contributed by atoms with van der Waals surface area (Å²) >= 11 is 6.61. The topological polar surface area (TPSA) is 82.9 Å². The monoisotopic (exact) mass is 512 g/mol. The van der Waals surface area contributed by atoms with E-state index in [1.807, 2.05) is 67.6 Å². The molecule has 0 unspecified atom stereocenters. The number of aryl methyl sites for hydroxylation is 1. The van der Waals surface area contributed by atoms with Gasteiger partial charge in [0.15, 0.2) is 17.3 Å². The van der Waals surface area contributed by atoms with Gasteiger partial charge < -0.3 is 14.6 Å². The molecule has 6 rings (SSSR count). The fourth-order valence-corrected chi connectivity index (χ4v) is 5.60. The molecule has 2 heterocycles. The molecule has 1 aliphatic carbocycles. The first kappa shape index (κ1) is 23.4. The lowest BCUT2D eigenvalue weighted by Crippen LogP contribution is -2.42. The zero-order chi connectivity index (χ0) is 25.7. The molecule has 1 atom stereocenters. The molecule has 37 heavy (non-hydrogen) atoms. The predicted molar refractivity (Wildman–Crippen MR) is 144 cm³/mol. The fourth-order valence-electron chi connectivity index (χ4n) is 5.38. The van der Waals surface area contributed by atoms with Crippen LogP contribution in [0.2, 0.25) is 5.02 Å². The third-order valence-electron chi connectivity index (χ3n) is 7.16. The van der Waals surface area contributed by atoms with Crippen LogP contribution in [-0.2, 0) is 4.79 Å². The molecule has 3 aromatic carbocycles. The molecule has 0 saturated heterocycles. The summed E-state index contributed by atoms with van der Waals surface area (Å²) in [6, 6.07) is 20.3. The Morgan fingerprint density at radius 2 is 1.78 bits per heavy atom. The zero-order valence-corrected chi connectivity index (χ0v) is 21.0. The third-order valence-corrected chi connectivity index (χ3v) is 7.48. The first-order valence-electron chi connectivity index (χ1n) is 12.2. The number of aliphatic hydroxyl groups is 1. The highest BCUT2D eigenvalue weighted by atomic mass is 35.5. The lowest BCUT2D eigenvalue weighted by molar-refractivity contribution is -0.116. The molecule has 0 spiro atoms. The summed E-state index contributed by atoms with van der Waals surface area (Å²) in [5.74, 6) is 0.603. The molecule has 186 valence electrons. The Hall–Kier alpha value is -4.03. The number of amidine groups is 1. The van der Waals surface area contributed by atoms with Crippen LogP contribution < -0.4 is 14.4 Å². The maximum Gasteiger partial charge on any atom is 0.231 e. The number of carbonyl (C=O) groups is 1. The van der Waals surface area contributed by atoms with Crippen LogP contribution in [-0.4, -0.2) is 23.5 Å². The molecular formula is C30H25ClN2O4. The summed E-state index contributed by atoms with van der Waals surface area (Å²) in [4.78, 5) is 15.3. The van der Waals surface area contributed by atoms with Gasteiger partial charge in [-0.15, -0.1) is 0 Å². The summed E-state index contributed by atoms with van der Waals surface area (Å²) < 4.78 is 11.1. The number of Topliss-reactive ketones (excluding diaryl/α,β-unsaturated/α-hetero) is 1. The van der Waals surface area contributed by atoms with Crippen molar-refractivity contribution in [2.75, 3.05) is 11.7 Å². The number of hydrogen-bond donors (Lipinski definition) is 2. The maximum atomic E-state index is 13.6. The minimum Gasteiger partial charge on any atom is -0.507 e. The highest BCUT2D eigenvalue weighted by molar-refractivity contribution is 6.34. The van der Waals surface area contributed by atoms with Crippen molar-refractivity contribution in [3.05, 3.63) is 105 Å². The molecule has 0 amide bonds. The van der Waals surface area contributed by atoms with Crippen molar-refractivity contribution in [1.82, 2.24) is 0 Å². The van der Waals surface area contributed by atoms with E-state index in [1.165, 1.54) is 0 Å². The van der Waals surface area contributed by atoms with Gasteiger partial charge in [0.1, 0.15) is 11.6 Å². The van der Waals surface area contributed by atoms with E-state index in [0.717, 1.165) is 16.8 Å². The Morgan fingerprint density at radius 1 is 1.03 bits per heavy atom. The number of rotatable bonds is 3. The highest BCUT2D eigenvalue weighted by Gasteiger charge is 2.44. The van der Waals surface area contributed by atoms with Crippen molar-refractivity contribution >= 4 is 34.7 Å². The van der Waals surface area contributed by atoms with Gasteiger partial charge in [-0.25, -0.2) is 0 Å². The molecule has 0 fully saturated rings. The lowest BCUT2D eigenvalue weighted by atomic mass is 9.73. The number of allylic oxidation sites excluding steroid dienone is 2. The summed E-state index contributed by atoms with van der Waals surface area (Å²) in [6.07, 6.45) is 1.71. The molecule has 0 saturated carbocycles. The number of nitrogens with zero attached hydrogens (tertiary/aromatic N) is 1. The number of anilines is 1. The number of para-hydroxylation sites is 1. The van der Waals surface area contributed by atoms with E-state index in [0.29, 0.717) is 58.2 Å². The van der Waals surface area contributed by atoms with Gasteiger partial charge in [0.25, 0.3) is 0 Å². The molecule has 3 aromatic rings. The number of nitrogens with one attached hydrogen (secondary N) is 1. The number of carbonyl (C=O) groups excluding carboxylic acids is 1. The number of ether oxygens (including phenoxy) is 2. The first-order chi connectivity index (χ1) is 17.9. The predicted octanol–water partition coefficient (Wildman–Crippen LogP) is 6.93. The van der Waals surface area contributed by atoms with Crippen LogP contribution in [0.1, 0.15) is 41.9 Å². The van der Waals surface area contributed by atoms with Crippen LogP contribution in [0.15, 0.2) is 83.6 Å².